The molecule has 2 aromatic rings. The number of benzene rings is 1. The number of furan rings is 1. The van der Waals surface area contributed by atoms with E-state index in [-0.39, 0.29) is 5.91 Å². The van der Waals surface area contributed by atoms with Crippen molar-refractivity contribution in [2.75, 3.05) is 7.05 Å². The van der Waals surface area contributed by atoms with Gasteiger partial charge in [-0.2, -0.15) is 0 Å². The number of rotatable bonds is 3. The highest BCUT2D eigenvalue weighted by Gasteiger charge is 2.12. The summed E-state index contributed by atoms with van der Waals surface area (Å²) in [5.74, 6) is 0.702. The van der Waals surface area contributed by atoms with Crippen LogP contribution in [0.25, 0.3) is 0 Å². The third-order valence-corrected chi connectivity index (χ3v) is 2.66. The average molecular weight is 250 g/mol. The average Bonchev–Trinajstić information content (AvgIpc) is 2.82. The van der Waals surface area contributed by atoms with Crippen LogP contribution in [-0.2, 0) is 6.54 Å². The first-order valence-electron chi connectivity index (χ1n) is 5.20. The molecule has 3 nitrogen and oxygen atoms in total. The Morgan fingerprint density at radius 3 is 2.59 bits per heavy atom. The van der Waals surface area contributed by atoms with Gasteiger partial charge >= 0.3 is 0 Å². The summed E-state index contributed by atoms with van der Waals surface area (Å²) in [7, 11) is 1.74. The molecule has 0 fully saturated rings. The van der Waals surface area contributed by atoms with Gasteiger partial charge in [0, 0.05) is 17.6 Å². The predicted molar refractivity (Wildman–Crippen MR) is 66.0 cm³/mol. The Balaban J connectivity index is 2.07. The molecule has 0 spiro atoms. The number of hydrogen-bond donors (Lipinski definition) is 0. The van der Waals surface area contributed by atoms with E-state index in [1.807, 2.05) is 6.07 Å². The van der Waals surface area contributed by atoms with E-state index in [9.17, 15) is 4.79 Å². The zero-order valence-corrected chi connectivity index (χ0v) is 10.1. The van der Waals surface area contributed by atoms with E-state index in [0.717, 1.165) is 5.76 Å². The fourth-order valence-electron chi connectivity index (χ4n) is 1.52. The SMILES string of the molecule is CN(Cc1ccco1)C(=O)c1ccc(Cl)cc1. The van der Waals surface area contributed by atoms with Gasteiger partial charge in [-0.25, -0.2) is 0 Å². The highest BCUT2D eigenvalue weighted by atomic mass is 35.5. The van der Waals surface area contributed by atoms with Gasteiger partial charge in [0.1, 0.15) is 5.76 Å². The van der Waals surface area contributed by atoms with Crippen LogP contribution in [0, 0.1) is 0 Å². The van der Waals surface area contributed by atoms with Gasteiger partial charge in [-0.05, 0) is 36.4 Å². The van der Waals surface area contributed by atoms with Gasteiger partial charge in [0.15, 0.2) is 0 Å². The Morgan fingerprint density at radius 1 is 1.29 bits per heavy atom. The molecule has 1 aromatic heterocycles. The maximum Gasteiger partial charge on any atom is 0.254 e. The second kappa shape index (κ2) is 5.06. The first-order chi connectivity index (χ1) is 8.16. The summed E-state index contributed by atoms with van der Waals surface area (Å²) in [5, 5.41) is 0.621. The Labute approximate surface area is 105 Å². The lowest BCUT2D eigenvalue weighted by molar-refractivity contribution is 0.0775. The number of nitrogens with zero attached hydrogens (tertiary/aromatic N) is 1. The highest BCUT2D eigenvalue weighted by molar-refractivity contribution is 6.30. The Morgan fingerprint density at radius 2 is 2.00 bits per heavy atom. The van der Waals surface area contributed by atoms with Crippen molar-refractivity contribution >= 4 is 17.5 Å². The molecule has 0 radical (unpaired) electrons. The van der Waals surface area contributed by atoms with Gasteiger partial charge in [0.05, 0.1) is 12.8 Å². The van der Waals surface area contributed by atoms with Crippen LogP contribution in [0.15, 0.2) is 47.1 Å². The zero-order chi connectivity index (χ0) is 12.3. The molecule has 1 amide bonds. The van der Waals surface area contributed by atoms with E-state index in [1.54, 1.807) is 48.5 Å². The van der Waals surface area contributed by atoms with E-state index in [2.05, 4.69) is 0 Å². The molecule has 1 heterocycles. The van der Waals surface area contributed by atoms with E-state index in [1.165, 1.54) is 0 Å². The molecule has 1 aromatic carbocycles. The van der Waals surface area contributed by atoms with Crippen LogP contribution in [0.2, 0.25) is 5.02 Å². The van der Waals surface area contributed by atoms with Crippen molar-refractivity contribution in [3.63, 3.8) is 0 Å². The lowest BCUT2D eigenvalue weighted by Gasteiger charge is -2.15. The van der Waals surface area contributed by atoms with Gasteiger partial charge in [-0.1, -0.05) is 11.6 Å². The summed E-state index contributed by atoms with van der Waals surface area (Å²) in [6.07, 6.45) is 1.59. The van der Waals surface area contributed by atoms with Crippen LogP contribution in [0.5, 0.6) is 0 Å². The van der Waals surface area contributed by atoms with Gasteiger partial charge in [-0.15, -0.1) is 0 Å². The van der Waals surface area contributed by atoms with Crippen molar-refractivity contribution in [2.45, 2.75) is 6.54 Å². The lowest BCUT2D eigenvalue weighted by Crippen LogP contribution is -2.25. The molecule has 0 aliphatic carbocycles. The number of amides is 1. The highest BCUT2D eigenvalue weighted by Crippen LogP contribution is 2.12. The molecule has 0 saturated heterocycles. The Kier molecular flexibility index (Phi) is 3.49. The predicted octanol–water partition coefficient (Wildman–Crippen LogP) is 3.21. The molecule has 17 heavy (non-hydrogen) atoms. The maximum absolute atomic E-state index is 12.0. The molecule has 4 heteroatoms. The van der Waals surface area contributed by atoms with Gasteiger partial charge in [-0.3, -0.25) is 4.79 Å². The minimum absolute atomic E-state index is 0.0573. The monoisotopic (exact) mass is 249 g/mol. The molecule has 0 unspecified atom stereocenters. The van der Waals surface area contributed by atoms with Crippen molar-refractivity contribution in [2.24, 2.45) is 0 Å². The van der Waals surface area contributed by atoms with E-state index in [0.29, 0.717) is 17.1 Å². The number of carbonyl (C=O) groups excluding carboxylic acids is 1. The molecule has 88 valence electrons. The quantitative estimate of drug-likeness (QED) is 0.837. The molecule has 0 atom stereocenters. The molecular formula is C13H12ClNO2. The summed E-state index contributed by atoms with van der Waals surface area (Å²) in [6, 6.07) is 10.5. The summed E-state index contributed by atoms with van der Waals surface area (Å²) >= 11 is 5.77. The summed E-state index contributed by atoms with van der Waals surface area (Å²) < 4.78 is 5.19. The van der Waals surface area contributed by atoms with Gasteiger partial charge < -0.3 is 9.32 Å². The molecule has 2 rings (SSSR count). The molecule has 0 N–H and O–H groups in total. The minimum Gasteiger partial charge on any atom is -0.467 e. The molecule has 0 aliphatic rings. The summed E-state index contributed by atoms with van der Waals surface area (Å²) in [5.41, 5.74) is 0.614. The summed E-state index contributed by atoms with van der Waals surface area (Å²) in [4.78, 5) is 13.6. The molecule has 0 bridgehead atoms. The third-order valence-electron chi connectivity index (χ3n) is 2.41. The molecule has 0 saturated carbocycles. The van der Waals surface area contributed by atoms with Crippen LogP contribution in [0.1, 0.15) is 16.1 Å². The number of carbonyl (C=O) groups is 1. The van der Waals surface area contributed by atoms with Crippen LogP contribution in [0.4, 0.5) is 0 Å². The van der Waals surface area contributed by atoms with Crippen LogP contribution in [0.3, 0.4) is 0 Å². The van der Waals surface area contributed by atoms with Crippen molar-refractivity contribution < 1.29 is 9.21 Å². The van der Waals surface area contributed by atoms with Crippen molar-refractivity contribution in [1.29, 1.82) is 0 Å². The smallest absolute Gasteiger partial charge is 0.254 e. The van der Waals surface area contributed by atoms with Crippen LogP contribution >= 0.6 is 11.6 Å². The largest absolute Gasteiger partial charge is 0.467 e. The fourth-order valence-corrected chi connectivity index (χ4v) is 1.65. The van der Waals surface area contributed by atoms with Crippen molar-refractivity contribution in [3.8, 4) is 0 Å². The summed E-state index contributed by atoms with van der Waals surface area (Å²) in [6.45, 7) is 0.453. The van der Waals surface area contributed by atoms with E-state index < -0.39 is 0 Å². The van der Waals surface area contributed by atoms with Crippen molar-refractivity contribution in [1.82, 2.24) is 4.90 Å². The first kappa shape index (κ1) is 11.7. The first-order valence-corrected chi connectivity index (χ1v) is 5.58. The molecular weight excluding hydrogens is 238 g/mol. The normalized spacial score (nSPS) is 10.2. The van der Waals surface area contributed by atoms with Gasteiger partial charge in [0.2, 0.25) is 0 Å². The Hall–Kier alpha value is -1.74. The number of hydrogen-bond acceptors (Lipinski definition) is 2. The maximum atomic E-state index is 12.0. The minimum atomic E-state index is -0.0573. The standard InChI is InChI=1S/C13H12ClNO2/c1-15(9-12-3-2-8-17-12)13(16)10-4-6-11(14)7-5-10/h2-8H,9H2,1H3. The van der Waals surface area contributed by atoms with Crippen molar-refractivity contribution in [3.05, 3.63) is 59.0 Å². The topological polar surface area (TPSA) is 33.5 Å². The fraction of sp³-hybridized carbons (Fsp3) is 0.154. The zero-order valence-electron chi connectivity index (χ0n) is 9.39. The lowest BCUT2D eigenvalue weighted by atomic mass is 10.2. The second-order valence-corrected chi connectivity index (χ2v) is 4.18. The second-order valence-electron chi connectivity index (χ2n) is 3.75. The van der Waals surface area contributed by atoms with Crippen LogP contribution in [-0.4, -0.2) is 17.9 Å². The van der Waals surface area contributed by atoms with E-state index in [4.69, 9.17) is 16.0 Å². The Bertz CT molecular complexity index is 491. The molecule has 0 aliphatic heterocycles. The number of halogens is 1. The third kappa shape index (κ3) is 2.88. The van der Waals surface area contributed by atoms with Crippen LogP contribution < -0.4 is 0 Å². The van der Waals surface area contributed by atoms with Gasteiger partial charge in [0.25, 0.3) is 5.91 Å². The van der Waals surface area contributed by atoms with E-state index >= 15 is 0 Å².